The number of carbonyl (C=O) groups excluding carboxylic acids is 1. The number of thiazole rings is 1. The average Bonchev–Trinajstić information content (AvgIpc) is 3.10. The van der Waals surface area contributed by atoms with Crippen LogP contribution in [0, 0.1) is 10.1 Å². The summed E-state index contributed by atoms with van der Waals surface area (Å²) < 4.78 is 6.38. The molecule has 0 bridgehead atoms. The molecule has 8 heteroatoms. The van der Waals surface area contributed by atoms with Crippen LogP contribution < -0.4 is 10.1 Å². The van der Waals surface area contributed by atoms with Crippen LogP contribution in [0.3, 0.4) is 0 Å². The minimum atomic E-state index is -0.463. The summed E-state index contributed by atoms with van der Waals surface area (Å²) in [5.41, 5.74) is 0.991. The van der Waals surface area contributed by atoms with Crippen molar-refractivity contribution < 1.29 is 14.5 Å². The molecule has 0 aliphatic carbocycles. The standard InChI is InChI=1S/C20H13N3O4S/c24-19(13-5-4-8-16(11-13)27-15-6-2-1-3-7-15)22-20-21-17-10-9-14(23(25)26)12-18(17)28-20/h1-12H,(H,21,22,24). The number of non-ortho nitro benzene ring substituents is 1. The van der Waals surface area contributed by atoms with E-state index in [4.69, 9.17) is 4.74 Å². The van der Waals surface area contributed by atoms with Crippen LogP contribution in [0.15, 0.2) is 72.8 Å². The van der Waals surface area contributed by atoms with E-state index in [1.54, 1.807) is 30.3 Å². The number of carbonyl (C=O) groups is 1. The Bertz CT molecular complexity index is 1170. The first-order valence-corrected chi connectivity index (χ1v) is 9.09. The summed E-state index contributed by atoms with van der Waals surface area (Å²) in [6.07, 6.45) is 0. The third kappa shape index (κ3) is 3.81. The fraction of sp³-hybridized carbons (Fsp3) is 0. The summed E-state index contributed by atoms with van der Waals surface area (Å²) in [7, 11) is 0. The number of benzene rings is 3. The first-order chi connectivity index (χ1) is 13.6. The Kier molecular flexibility index (Phi) is 4.69. The summed E-state index contributed by atoms with van der Waals surface area (Å²) >= 11 is 1.18. The van der Waals surface area contributed by atoms with Gasteiger partial charge in [0.05, 0.1) is 15.1 Å². The largest absolute Gasteiger partial charge is 0.457 e. The third-order valence-corrected chi connectivity index (χ3v) is 4.81. The molecule has 138 valence electrons. The van der Waals surface area contributed by atoms with Gasteiger partial charge in [-0.3, -0.25) is 20.2 Å². The highest BCUT2D eigenvalue weighted by Crippen LogP contribution is 2.29. The van der Waals surface area contributed by atoms with Crippen LogP contribution in [-0.4, -0.2) is 15.8 Å². The third-order valence-electron chi connectivity index (χ3n) is 3.88. The number of rotatable bonds is 5. The lowest BCUT2D eigenvalue weighted by Crippen LogP contribution is -2.11. The Balaban J connectivity index is 1.52. The van der Waals surface area contributed by atoms with E-state index in [-0.39, 0.29) is 11.6 Å². The van der Waals surface area contributed by atoms with Crippen molar-refractivity contribution in [2.24, 2.45) is 0 Å². The number of hydrogen-bond acceptors (Lipinski definition) is 6. The number of ether oxygens (including phenoxy) is 1. The van der Waals surface area contributed by atoms with Crippen LogP contribution >= 0.6 is 11.3 Å². The van der Waals surface area contributed by atoms with E-state index in [0.29, 0.717) is 32.4 Å². The van der Waals surface area contributed by atoms with E-state index in [1.807, 2.05) is 30.3 Å². The second kappa shape index (κ2) is 7.45. The molecule has 0 radical (unpaired) electrons. The number of anilines is 1. The highest BCUT2D eigenvalue weighted by Gasteiger charge is 2.13. The number of para-hydroxylation sites is 1. The molecule has 1 amide bonds. The van der Waals surface area contributed by atoms with Crippen LogP contribution in [0.1, 0.15) is 10.4 Å². The van der Waals surface area contributed by atoms with Crippen LogP contribution in [0.5, 0.6) is 11.5 Å². The van der Waals surface area contributed by atoms with E-state index >= 15 is 0 Å². The Morgan fingerprint density at radius 1 is 1.00 bits per heavy atom. The Morgan fingerprint density at radius 2 is 1.79 bits per heavy atom. The molecule has 0 atom stereocenters. The van der Waals surface area contributed by atoms with Crippen LogP contribution in [0.4, 0.5) is 10.8 Å². The summed E-state index contributed by atoms with van der Waals surface area (Å²) in [6, 6.07) is 20.5. The van der Waals surface area contributed by atoms with Gasteiger partial charge in [0.15, 0.2) is 5.13 Å². The fourth-order valence-corrected chi connectivity index (χ4v) is 3.47. The first kappa shape index (κ1) is 17.6. The van der Waals surface area contributed by atoms with Gasteiger partial charge in [-0.1, -0.05) is 35.6 Å². The van der Waals surface area contributed by atoms with E-state index < -0.39 is 4.92 Å². The first-order valence-electron chi connectivity index (χ1n) is 8.28. The number of nitrogens with zero attached hydrogens (tertiary/aromatic N) is 2. The molecule has 1 N–H and O–H groups in total. The number of aromatic nitrogens is 1. The average molecular weight is 391 g/mol. The number of amides is 1. The maximum Gasteiger partial charge on any atom is 0.270 e. The second-order valence-corrected chi connectivity index (χ2v) is 6.86. The minimum absolute atomic E-state index is 0.0141. The van der Waals surface area contributed by atoms with Crippen LogP contribution in [0.2, 0.25) is 0 Å². The summed E-state index contributed by atoms with van der Waals surface area (Å²) in [5, 5.41) is 14.0. The second-order valence-electron chi connectivity index (χ2n) is 5.83. The molecule has 1 aromatic heterocycles. The minimum Gasteiger partial charge on any atom is -0.457 e. The molecular weight excluding hydrogens is 378 g/mol. The highest BCUT2D eigenvalue weighted by molar-refractivity contribution is 7.22. The smallest absolute Gasteiger partial charge is 0.270 e. The van der Waals surface area contributed by atoms with Crippen LogP contribution in [-0.2, 0) is 0 Å². The maximum atomic E-state index is 12.6. The zero-order valence-electron chi connectivity index (χ0n) is 14.4. The van der Waals surface area contributed by atoms with Crippen LogP contribution in [0.25, 0.3) is 10.2 Å². The fourth-order valence-electron chi connectivity index (χ4n) is 2.58. The number of fused-ring (bicyclic) bond motifs is 1. The predicted octanol–water partition coefficient (Wildman–Crippen LogP) is 5.25. The van der Waals surface area contributed by atoms with Crippen molar-refractivity contribution in [3.63, 3.8) is 0 Å². The van der Waals surface area contributed by atoms with Gasteiger partial charge in [0, 0.05) is 17.7 Å². The van der Waals surface area contributed by atoms with Crippen molar-refractivity contribution in [2.45, 2.75) is 0 Å². The molecule has 3 aromatic carbocycles. The number of nitrogens with one attached hydrogen (secondary N) is 1. The van der Waals surface area contributed by atoms with Gasteiger partial charge in [-0.2, -0.15) is 0 Å². The summed E-state index contributed by atoms with van der Waals surface area (Å²) in [6.45, 7) is 0. The maximum absolute atomic E-state index is 12.6. The van der Waals surface area contributed by atoms with E-state index in [2.05, 4.69) is 10.3 Å². The summed E-state index contributed by atoms with van der Waals surface area (Å²) in [4.78, 5) is 27.3. The predicted molar refractivity (Wildman–Crippen MR) is 107 cm³/mol. The molecule has 0 saturated heterocycles. The molecule has 28 heavy (non-hydrogen) atoms. The van der Waals surface area contributed by atoms with Gasteiger partial charge in [-0.15, -0.1) is 0 Å². The monoisotopic (exact) mass is 391 g/mol. The van der Waals surface area contributed by atoms with Gasteiger partial charge in [0.1, 0.15) is 11.5 Å². The molecule has 1 heterocycles. The molecular formula is C20H13N3O4S. The topological polar surface area (TPSA) is 94.4 Å². The van der Waals surface area contributed by atoms with Gasteiger partial charge < -0.3 is 4.74 Å². The van der Waals surface area contributed by atoms with Gasteiger partial charge in [-0.25, -0.2) is 4.98 Å². The zero-order chi connectivity index (χ0) is 19.5. The zero-order valence-corrected chi connectivity index (χ0v) is 15.2. The van der Waals surface area contributed by atoms with Gasteiger partial charge in [0.2, 0.25) is 0 Å². The molecule has 4 aromatic rings. The molecule has 0 saturated carbocycles. The highest BCUT2D eigenvalue weighted by atomic mass is 32.1. The molecule has 0 fully saturated rings. The molecule has 4 rings (SSSR count). The summed E-state index contributed by atoms with van der Waals surface area (Å²) in [5.74, 6) is 0.874. The number of hydrogen-bond donors (Lipinski definition) is 1. The molecule has 0 spiro atoms. The molecule has 7 nitrogen and oxygen atoms in total. The van der Waals surface area contributed by atoms with E-state index in [9.17, 15) is 14.9 Å². The quantitative estimate of drug-likeness (QED) is 0.370. The van der Waals surface area contributed by atoms with Crippen molar-refractivity contribution in [3.05, 3.63) is 88.5 Å². The lowest BCUT2D eigenvalue weighted by atomic mass is 10.2. The Labute approximate surface area is 163 Å². The number of nitro groups is 1. The molecule has 0 aliphatic heterocycles. The van der Waals surface area contributed by atoms with E-state index in [1.165, 1.54) is 23.5 Å². The van der Waals surface area contributed by atoms with Crippen molar-refractivity contribution >= 4 is 38.3 Å². The van der Waals surface area contributed by atoms with Crippen molar-refractivity contribution in [3.8, 4) is 11.5 Å². The lowest BCUT2D eigenvalue weighted by molar-refractivity contribution is -0.384. The van der Waals surface area contributed by atoms with Crippen molar-refractivity contribution in [1.82, 2.24) is 4.98 Å². The van der Waals surface area contributed by atoms with Gasteiger partial charge in [0.25, 0.3) is 11.6 Å². The number of nitro benzene ring substituents is 1. The lowest BCUT2D eigenvalue weighted by Gasteiger charge is -2.07. The SMILES string of the molecule is O=C(Nc1nc2ccc([N+](=O)[O-])cc2s1)c1cccc(Oc2ccccc2)c1. The van der Waals surface area contributed by atoms with Crippen molar-refractivity contribution in [2.75, 3.05) is 5.32 Å². The Morgan fingerprint density at radius 3 is 2.57 bits per heavy atom. The molecule has 0 unspecified atom stereocenters. The van der Waals surface area contributed by atoms with E-state index in [0.717, 1.165) is 0 Å². The molecule has 0 aliphatic rings. The normalized spacial score (nSPS) is 10.6. The van der Waals surface area contributed by atoms with Crippen molar-refractivity contribution in [1.29, 1.82) is 0 Å². The van der Waals surface area contributed by atoms with Gasteiger partial charge >= 0.3 is 0 Å². The van der Waals surface area contributed by atoms with Gasteiger partial charge in [-0.05, 0) is 36.4 Å². The Hall–Kier alpha value is -3.78.